The molecule has 0 spiro atoms. The van der Waals surface area contributed by atoms with E-state index in [4.69, 9.17) is 19.4 Å². The SMILES string of the molecule is COC[C@@H]1CCCN1c1nc2cc(F)cc(F)c2c(Nc2cc(N3CCOCC3)ncc2-c2cncnc2)c1C. The van der Waals surface area contributed by atoms with Crippen LogP contribution in [0.1, 0.15) is 18.4 Å². The Labute approximate surface area is 231 Å². The van der Waals surface area contributed by atoms with E-state index in [0.717, 1.165) is 48.0 Å². The van der Waals surface area contributed by atoms with Crippen LogP contribution in [0.4, 0.5) is 31.8 Å². The van der Waals surface area contributed by atoms with Crippen molar-refractivity contribution in [1.29, 1.82) is 0 Å². The van der Waals surface area contributed by atoms with E-state index < -0.39 is 11.6 Å². The zero-order valence-corrected chi connectivity index (χ0v) is 22.5. The quantitative estimate of drug-likeness (QED) is 0.348. The molecule has 9 nitrogen and oxygen atoms in total. The smallest absolute Gasteiger partial charge is 0.137 e. The second kappa shape index (κ2) is 11.3. The molecule has 6 rings (SSSR count). The monoisotopic (exact) mass is 547 g/mol. The summed E-state index contributed by atoms with van der Waals surface area (Å²) in [5.41, 5.74) is 3.75. The van der Waals surface area contributed by atoms with E-state index in [2.05, 4.69) is 25.1 Å². The van der Waals surface area contributed by atoms with Crippen LogP contribution in [-0.4, -0.2) is 72.5 Å². The summed E-state index contributed by atoms with van der Waals surface area (Å²) in [7, 11) is 1.68. The molecule has 0 bridgehead atoms. The predicted molar refractivity (Wildman–Crippen MR) is 150 cm³/mol. The van der Waals surface area contributed by atoms with E-state index in [1.54, 1.807) is 25.7 Å². The number of methoxy groups -OCH3 is 1. The van der Waals surface area contributed by atoms with Crippen molar-refractivity contribution >= 4 is 33.9 Å². The molecule has 11 heteroatoms. The average molecular weight is 548 g/mol. The molecule has 1 N–H and O–H groups in total. The minimum absolute atomic E-state index is 0.130. The fourth-order valence-corrected chi connectivity index (χ4v) is 5.63. The molecule has 0 amide bonds. The number of nitrogens with zero attached hydrogens (tertiary/aromatic N) is 6. The van der Waals surface area contributed by atoms with Gasteiger partial charge in [0, 0.05) is 80.2 Å². The summed E-state index contributed by atoms with van der Waals surface area (Å²) < 4.78 is 40.9. The van der Waals surface area contributed by atoms with Gasteiger partial charge in [0.2, 0.25) is 0 Å². The lowest BCUT2D eigenvalue weighted by atomic mass is 10.0. The third-order valence-electron chi connectivity index (χ3n) is 7.59. The zero-order chi connectivity index (χ0) is 27.6. The number of rotatable bonds is 7. The van der Waals surface area contributed by atoms with Crippen LogP contribution in [0.15, 0.2) is 43.1 Å². The number of pyridine rings is 2. The standard InChI is InChI=1S/C29H31F2N7O2/c1-18-28(27-23(31)10-20(30)11-25(27)36-29(18)38-5-3-4-21(38)16-39-2)35-24-12-26(37-6-8-40-9-7-37)34-15-22(24)19-13-32-17-33-14-19/h10-15,17,21H,3-9,16H2,1-2H3,(H,34,35,36)/t21-/m0/s1. The molecule has 0 saturated carbocycles. The zero-order valence-electron chi connectivity index (χ0n) is 22.5. The number of hydrogen-bond acceptors (Lipinski definition) is 9. The highest BCUT2D eigenvalue weighted by Crippen LogP contribution is 2.41. The molecule has 2 saturated heterocycles. The molecular weight excluding hydrogens is 516 g/mol. The number of anilines is 4. The normalized spacial score (nSPS) is 17.6. The van der Waals surface area contributed by atoms with Crippen molar-refractivity contribution in [3.8, 4) is 11.1 Å². The van der Waals surface area contributed by atoms with Crippen LogP contribution < -0.4 is 15.1 Å². The van der Waals surface area contributed by atoms with Crippen molar-refractivity contribution in [2.45, 2.75) is 25.8 Å². The van der Waals surface area contributed by atoms with E-state index in [1.165, 1.54) is 12.4 Å². The average Bonchev–Trinajstić information content (AvgIpc) is 3.43. The fraction of sp³-hybridized carbons (Fsp3) is 0.379. The second-order valence-corrected chi connectivity index (χ2v) is 10.1. The highest BCUT2D eigenvalue weighted by molar-refractivity contribution is 5.99. The maximum absolute atomic E-state index is 15.5. The lowest BCUT2D eigenvalue weighted by molar-refractivity contribution is 0.122. The molecule has 208 valence electrons. The van der Waals surface area contributed by atoms with Crippen LogP contribution in [-0.2, 0) is 9.47 Å². The molecule has 5 heterocycles. The number of benzene rings is 1. The molecule has 2 aliphatic rings. The van der Waals surface area contributed by atoms with E-state index in [1.807, 2.05) is 13.0 Å². The summed E-state index contributed by atoms with van der Waals surface area (Å²) >= 11 is 0. The molecule has 0 unspecified atom stereocenters. The summed E-state index contributed by atoms with van der Waals surface area (Å²) in [6.07, 6.45) is 8.60. The lowest BCUT2D eigenvalue weighted by Crippen LogP contribution is -2.36. The molecule has 1 atom stereocenters. The Bertz CT molecular complexity index is 1520. The van der Waals surface area contributed by atoms with Gasteiger partial charge >= 0.3 is 0 Å². The molecule has 1 aromatic carbocycles. The van der Waals surface area contributed by atoms with Gasteiger partial charge < -0.3 is 24.6 Å². The first kappa shape index (κ1) is 26.3. The maximum Gasteiger partial charge on any atom is 0.137 e. The van der Waals surface area contributed by atoms with Gasteiger partial charge in [-0.1, -0.05) is 0 Å². The van der Waals surface area contributed by atoms with Gasteiger partial charge in [0.1, 0.15) is 29.6 Å². The number of nitrogens with one attached hydrogen (secondary N) is 1. The number of hydrogen-bond donors (Lipinski definition) is 1. The van der Waals surface area contributed by atoms with E-state index in [0.29, 0.717) is 50.1 Å². The molecule has 2 fully saturated rings. The minimum Gasteiger partial charge on any atom is -0.383 e. The Balaban J connectivity index is 1.52. The van der Waals surface area contributed by atoms with Gasteiger partial charge in [-0.2, -0.15) is 0 Å². The largest absolute Gasteiger partial charge is 0.383 e. The fourth-order valence-electron chi connectivity index (χ4n) is 5.63. The number of morpholine rings is 1. The van der Waals surface area contributed by atoms with Gasteiger partial charge in [0.25, 0.3) is 0 Å². The third-order valence-corrected chi connectivity index (χ3v) is 7.59. The first-order chi connectivity index (χ1) is 19.5. The molecule has 40 heavy (non-hydrogen) atoms. The summed E-state index contributed by atoms with van der Waals surface area (Å²) in [6.45, 7) is 5.91. The lowest BCUT2D eigenvalue weighted by Gasteiger charge is -2.30. The minimum atomic E-state index is -0.679. The summed E-state index contributed by atoms with van der Waals surface area (Å²) in [6, 6.07) is 4.26. The van der Waals surface area contributed by atoms with Crippen molar-refractivity contribution in [1.82, 2.24) is 19.9 Å². The van der Waals surface area contributed by atoms with E-state index in [-0.39, 0.29) is 16.9 Å². The topological polar surface area (TPSA) is 88.5 Å². The number of halogens is 2. The van der Waals surface area contributed by atoms with Crippen molar-refractivity contribution in [3.63, 3.8) is 0 Å². The van der Waals surface area contributed by atoms with Crippen LogP contribution in [0.5, 0.6) is 0 Å². The van der Waals surface area contributed by atoms with Gasteiger partial charge in [0.15, 0.2) is 0 Å². The molecule has 0 radical (unpaired) electrons. The predicted octanol–water partition coefficient (Wildman–Crippen LogP) is 4.87. The van der Waals surface area contributed by atoms with Gasteiger partial charge in [-0.15, -0.1) is 0 Å². The van der Waals surface area contributed by atoms with Crippen LogP contribution in [0.2, 0.25) is 0 Å². The maximum atomic E-state index is 15.5. The first-order valence-electron chi connectivity index (χ1n) is 13.4. The summed E-state index contributed by atoms with van der Waals surface area (Å²) in [4.78, 5) is 22.2. The Morgan fingerprint density at radius 2 is 1.88 bits per heavy atom. The molecular formula is C29H31F2N7O2. The second-order valence-electron chi connectivity index (χ2n) is 10.1. The Morgan fingerprint density at radius 3 is 2.65 bits per heavy atom. The molecule has 3 aromatic heterocycles. The Morgan fingerprint density at radius 1 is 1.07 bits per heavy atom. The van der Waals surface area contributed by atoms with Gasteiger partial charge in [-0.3, -0.25) is 0 Å². The Hall–Kier alpha value is -3.96. The van der Waals surface area contributed by atoms with Crippen LogP contribution in [0.25, 0.3) is 22.0 Å². The molecule has 0 aliphatic carbocycles. The van der Waals surface area contributed by atoms with Gasteiger partial charge in [0.05, 0.1) is 48.1 Å². The van der Waals surface area contributed by atoms with Gasteiger partial charge in [-0.05, 0) is 19.8 Å². The summed E-state index contributed by atoms with van der Waals surface area (Å²) in [5.74, 6) is 0.107. The Kier molecular flexibility index (Phi) is 7.40. The highest BCUT2D eigenvalue weighted by Gasteiger charge is 2.29. The molecule has 2 aliphatic heterocycles. The van der Waals surface area contributed by atoms with Crippen LogP contribution in [0, 0.1) is 18.6 Å². The molecule has 4 aromatic rings. The number of fused-ring (bicyclic) bond motifs is 1. The first-order valence-corrected chi connectivity index (χ1v) is 13.4. The number of aromatic nitrogens is 4. The van der Waals surface area contributed by atoms with Gasteiger partial charge in [-0.25, -0.2) is 28.7 Å². The van der Waals surface area contributed by atoms with Crippen LogP contribution in [0.3, 0.4) is 0 Å². The third kappa shape index (κ3) is 5.02. The van der Waals surface area contributed by atoms with Crippen molar-refractivity contribution < 1.29 is 18.3 Å². The van der Waals surface area contributed by atoms with Crippen molar-refractivity contribution in [3.05, 3.63) is 60.3 Å². The van der Waals surface area contributed by atoms with E-state index >= 15 is 4.39 Å². The van der Waals surface area contributed by atoms with E-state index in [9.17, 15) is 4.39 Å². The van der Waals surface area contributed by atoms with Crippen molar-refractivity contribution in [2.75, 3.05) is 61.7 Å². The summed E-state index contributed by atoms with van der Waals surface area (Å²) in [5, 5.41) is 3.75. The number of ether oxygens (including phenoxy) is 2. The van der Waals surface area contributed by atoms with Crippen LogP contribution >= 0.6 is 0 Å². The highest BCUT2D eigenvalue weighted by atomic mass is 19.1. The van der Waals surface area contributed by atoms with Crippen molar-refractivity contribution in [2.24, 2.45) is 0 Å².